The van der Waals surface area contributed by atoms with Crippen LogP contribution in [0.2, 0.25) is 0 Å². The molecule has 0 saturated heterocycles. The lowest BCUT2D eigenvalue weighted by molar-refractivity contribution is -0.113. The number of amides is 1. The number of carbonyl (C=O) groups is 1. The molecule has 1 amide bonds. The minimum atomic E-state index is -0.229. The summed E-state index contributed by atoms with van der Waals surface area (Å²) < 4.78 is 0. The topological polar surface area (TPSA) is 78.7 Å². The van der Waals surface area contributed by atoms with Crippen molar-refractivity contribution >= 4 is 34.1 Å². The highest BCUT2D eigenvalue weighted by atomic mass is 32.2. The third kappa shape index (κ3) is 3.85. The van der Waals surface area contributed by atoms with Crippen LogP contribution in [0.15, 0.2) is 0 Å². The average Bonchev–Trinajstić information content (AvgIpc) is 2.63. The summed E-state index contributed by atoms with van der Waals surface area (Å²) >= 11 is 2.25. The molecule has 0 bridgehead atoms. The predicted octanol–water partition coefficient (Wildman–Crippen LogP) is 1.81. The number of anilines is 1. The number of aromatic nitrogens is 2. The molecule has 1 N–H and O–H groups in total. The van der Waals surface area contributed by atoms with Gasteiger partial charge in [-0.3, -0.25) is 10.1 Å². The monoisotopic (exact) mass is 242 g/mol. The Labute approximate surface area is 95.9 Å². The van der Waals surface area contributed by atoms with Crippen LogP contribution in [0.3, 0.4) is 0 Å². The normalized spacial score (nSPS) is 10.0. The van der Waals surface area contributed by atoms with E-state index in [-0.39, 0.29) is 11.7 Å². The van der Waals surface area contributed by atoms with E-state index in [4.69, 9.17) is 5.26 Å². The molecule has 0 saturated carbocycles. The summed E-state index contributed by atoms with van der Waals surface area (Å²) in [4.78, 5) is 11.2. The Kier molecular flexibility index (Phi) is 4.52. The van der Waals surface area contributed by atoms with E-state index >= 15 is 0 Å². The number of thioether (sulfide) groups is 1. The lowest BCUT2D eigenvalue weighted by Gasteiger charge is -1.96. The minimum Gasteiger partial charge on any atom is -0.300 e. The highest BCUT2D eigenvalue weighted by Gasteiger charge is 2.10. The van der Waals surface area contributed by atoms with Crippen LogP contribution >= 0.6 is 23.1 Å². The van der Waals surface area contributed by atoms with Crippen molar-refractivity contribution < 1.29 is 4.79 Å². The molecule has 0 aliphatic carbocycles. The largest absolute Gasteiger partial charge is 0.300 e. The van der Waals surface area contributed by atoms with Crippen LogP contribution in [0.25, 0.3) is 0 Å². The van der Waals surface area contributed by atoms with E-state index in [2.05, 4.69) is 15.5 Å². The van der Waals surface area contributed by atoms with Gasteiger partial charge in [0.05, 0.1) is 5.75 Å². The number of carbonyl (C=O) groups excluding carboxylic acids is 1. The van der Waals surface area contributed by atoms with E-state index in [0.717, 1.165) is 16.8 Å². The first-order chi connectivity index (χ1) is 7.13. The highest BCUT2D eigenvalue weighted by Crippen LogP contribution is 2.22. The van der Waals surface area contributed by atoms with Gasteiger partial charge >= 0.3 is 0 Å². The SMILES string of the molecule is CC(C)c1nnc(NC(=O)CSC#N)s1. The van der Waals surface area contributed by atoms with Crippen molar-refractivity contribution in [3.8, 4) is 5.40 Å². The number of rotatable bonds is 4. The van der Waals surface area contributed by atoms with E-state index in [1.807, 2.05) is 19.2 Å². The number of nitrogens with one attached hydrogen (secondary N) is 1. The van der Waals surface area contributed by atoms with Gasteiger partial charge < -0.3 is 0 Å². The predicted molar refractivity (Wildman–Crippen MR) is 60.7 cm³/mol. The maximum Gasteiger partial charge on any atom is 0.237 e. The second-order valence-electron chi connectivity index (χ2n) is 3.03. The zero-order valence-corrected chi connectivity index (χ0v) is 9.98. The molecule has 5 nitrogen and oxygen atoms in total. The third-order valence-electron chi connectivity index (χ3n) is 1.45. The number of nitrogens with zero attached hydrogens (tertiary/aromatic N) is 3. The summed E-state index contributed by atoms with van der Waals surface area (Å²) in [7, 11) is 0. The Morgan fingerprint density at radius 2 is 2.40 bits per heavy atom. The van der Waals surface area contributed by atoms with Gasteiger partial charge in [-0.25, -0.2) is 0 Å². The van der Waals surface area contributed by atoms with E-state index < -0.39 is 0 Å². The molecule has 80 valence electrons. The summed E-state index contributed by atoms with van der Waals surface area (Å²) in [5.74, 6) is 0.197. The molecule has 0 spiro atoms. The van der Waals surface area contributed by atoms with Gasteiger partial charge in [0.25, 0.3) is 0 Å². The molecule has 1 rings (SSSR count). The van der Waals surface area contributed by atoms with Crippen LogP contribution in [-0.4, -0.2) is 21.9 Å². The molecule has 0 unspecified atom stereocenters. The van der Waals surface area contributed by atoms with Crippen molar-refractivity contribution in [2.24, 2.45) is 0 Å². The van der Waals surface area contributed by atoms with Crippen molar-refractivity contribution in [1.82, 2.24) is 10.2 Å². The Morgan fingerprint density at radius 1 is 1.67 bits per heavy atom. The van der Waals surface area contributed by atoms with Gasteiger partial charge in [-0.1, -0.05) is 25.2 Å². The van der Waals surface area contributed by atoms with Gasteiger partial charge in [0, 0.05) is 5.92 Å². The van der Waals surface area contributed by atoms with Crippen LogP contribution in [-0.2, 0) is 4.79 Å². The summed E-state index contributed by atoms with van der Waals surface area (Å²) in [6.45, 7) is 4.02. The van der Waals surface area contributed by atoms with Crippen LogP contribution in [0.4, 0.5) is 5.13 Å². The quantitative estimate of drug-likeness (QED) is 0.815. The van der Waals surface area contributed by atoms with Gasteiger partial charge in [-0.15, -0.1) is 10.2 Å². The van der Waals surface area contributed by atoms with Gasteiger partial charge in [0.1, 0.15) is 10.4 Å². The number of hydrogen-bond acceptors (Lipinski definition) is 6. The van der Waals surface area contributed by atoms with Crippen LogP contribution in [0.5, 0.6) is 0 Å². The first-order valence-corrected chi connectivity index (χ1v) is 6.08. The third-order valence-corrected chi connectivity index (χ3v) is 3.12. The van der Waals surface area contributed by atoms with Crippen molar-refractivity contribution in [2.75, 3.05) is 11.1 Å². The lowest BCUT2D eigenvalue weighted by atomic mass is 10.2. The highest BCUT2D eigenvalue weighted by molar-refractivity contribution is 8.04. The molecule has 1 heterocycles. The number of hydrogen-bond donors (Lipinski definition) is 1. The molecule has 0 aliphatic rings. The van der Waals surface area contributed by atoms with Crippen LogP contribution < -0.4 is 5.32 Å². The van der Waals surface area contributed by atoms with E-state index in [0.29, 0.717) is 11.0 Å². The van der Waals surface area contributed by atoms with Crippen LogP contribution in [0, 0.1) is 10.7 Å². The molecule has 0 fully saturated rings. The Balaban J connectivity index is 2.50. The van der Waals surface area contributed by atoms with Gasteiger partial charge in [-0.2, -0.15) is 5.26 Å². The lowest BCUT2D eigenvalue weighted by Crippen LogP contribution is -2.13. The van der Waals surface area contributed by atoms with E-state index in [9.17, 15) is 4.79 Å². The molecular formula is C8H10N4OS2. The van der Waals surface area contributed by atoms with Crippen molar-refractivity contribution in [2.45, 2.75) is 19.8 Å². The minimum absolute atomic E-state index is 0.118. The van der Waals surface area contributed by atoms with E-state index in [1.54, 1.807) is 0 Å². The standard InChI is InChI=1S/C8H10N4OS2/c1-5(2)7-11-12-8(15-7)10-6(13)3-14-4-9/h5H,3H2,1-2H3,(H,10,12,13). The summed E-state index contributed by atoms with van der Waals surface area (Å²) in [6.07, 6.45) is 0. The Hall–Kier alpha value is -1.13. The smallest absolute Gasteiger partial charge is 0.237 e. The summed E-state index contributed by atoms with van der Waals surface area (Å²) in [6, 6.07) is 0. The van der Waals surface area contributed by atoms with Crippen molar-refractivity contribution in [3.05, 3.63) is 5.01 Å². The number of thiocyanates is 1. The van der Waals surface area contributed by atoms with Crippen molar-refractivity contribution in [1.29, 1.82) is 5.26 Å². The second-order valence-corrected chi connectivity index (χ2v) is 4.80. The number of nitriles is 1. The molecule has 0 aromatic carbocycles. The fourth-order valence-corrected chi connectivity index (χ4v) is 1.80. The maximum atomic E-state index is 11.2. The Morgan fingerprint density at radius 3 is 2.93 bits per heavy atom. The molecule has 0 aliphatic heterocycles. The first kappa shape index (κ1) is 11.9. The summed E-state index contributed by atoms with van der Waals surface area (Å²) in [5.41, 5.74) is 0. The molecule has 1 aromatic rings. The molecule has 1 aromatic heterocycles. The van der Waals surface area contributed by atoms with Gasteiger partial charge in [-0.05, 0) is 11.8 Å². The maximum absolute atomic E-state index is 11.2. The van der Waals surface area contributed by atoms with Crippen LogP contribution in [0.1, 0.15) is 24.8 Å². The molecule has 0 atom stereocenters. The van der Waals surface area contributed by atoms with Gasteiger partial charge in [0.15, 0.2) is 0 Å². The average molecular weight is 242 g/mol. The molecule has 15 heavy (non-hydrogen) atoms. The first-order valence-electron chi connectivity index (χ1n) is 4.27. The second kappa shape index (κ2) is 5.68. The molecular weight excluding hydrogens is 232 g/mol. The molecule has 0 radical (unpaired) electrons. The zero-order chi connectivity index (χ0) is 11.3. The molecule has 7 heteroatoms. The fourth-order valence-electron chi connectivity index (χ4n) is 0.772. The van der Waals surface area contributed by atoms with Gasteiger partial charge in [0.2, 0.25) is 11.0 Å². The van der Waals surface area contributed by atoms with E-state index in [1.165, 1.54) is 11.3 Å². The summed E-state index contributed by atoms with van der Waals surface area (Å²) in [5, 5.41) is 21.8. The van der Waals surface area contributed by atoms with Crippen molar-refractivity contribution in [3.63, 3.8) is 0 Å². The Bertz CT molecular complexity index is 382. The fraction of sp³-hybridized carbons (Fsp3) is 0.500. The zero-order valence-electron chi connectivity index (χ0n) is 8.35.